The minimum Gasteiger partial charge on any atom is -0.322 e. The quantitative estimate of drug-likeness (QED) is 0.887. The summed E-state index contributed by atoms with van der Waals surface area (Å²) in [7, 11) is 0. The van der Waals surface area contributed by atoms with Crippen LogP contribution >= 0.6 is 15.9 Å². The van der Waals surface area contributed by atoms with E-state index in [2.05, 4.69) is 21.2 Å². The molecule has 2 aromatic carbocycles. The number of carbonyl (C=O) groups is 1. The molecule has 0 aliphatic carbocycles. The largest absolute Gasteiger partial charge is 0.322 e. The molecule has 2 nitrogen and oxygen atoms in total. The Morgan fingerprint density at radius 1 is 1.17 bits per heavy atom. The third kappa shape index (κ3) is 2.96. The molecule has 0 spiro atoms. The van der Waals surface area contributed by atoms with Gasteiger partial charge in [-0.15, -0.1) is 0 Å². The number of rotatable bonds is 2. The van der Waals surface area contributed by atoms with Gasteiger partial charge in [0.05, 0.1) is 4.47 Å². The zero-order chi connectivity index (χ0) is 13.1. The third-order valence-electron chi connectivity index (χ3n) is 2.49. The molecule has 4 heteroatoms. The average Bonchev–Trinajstić information content (AvgIpc) is 2.35. The molecule has 0 heterocycles. The summed E-state index contributed by atoms with van der Waals surface area (Å²) in [6.45, 7) is 1.97. The van der Waals surface area contributed by atoms with Crippen molar-refractivity contribution in [2.24, 2.45) is 0 Å². The van der Waals surface area contributed by atoms with E-state index in [1.807, 2.05) is 31.2 Å². The highest BCUT2D eigenvalue weighted by atomic mass is 79.9. The lowest BCUT2D eigenvalue weighted by Crippen LogP contribution is -2.11. The molecule has 0 fully saturated rings. The van der Waals surface area contributed by atoms with Gasteiger partial charge in [0.15, 0.2) is 0 Å². The average molecular weight is 308 g/mol. The Morgan fingerprint density at radius 3 is 2.44 bits per heavy atom. The Kier molecular flexibility index (Phi) is 3.77. The smallest absolute Gasteiger partial charge is 0.255 e. The van der Waals surface area contributed by atoms with Gasteiger partial charge in [0, 0.05) is 11.3 Å². The van der Waals surface area contributed by atoms with Crippen molar-refractivity contribution in [3.63, 3.8) is 0 Å². The van der Waals surface area contributed by atoms with E-state index in [4.69, 9.17) is 0 Å². The molecule has 1 amide bonds. The van der Waals surface area contributed by atoms with Crippen LogP contribution in [0, 0.1) is 12.7 Å². The first-order chi connectivity index (χ1) is 8.56. The first-order valence-corrected chi connectivity index (χ1v) is 6.18. The molecule has 2 aromatic rings. The predicted octanol–water partition coefficient (Wildman–Crippen LogP) is 4.15. The Bertz CT molecular complexity index is 581. The minimum absolute atomic E-state index is 0.264. The summed E-state index contributed by atoms with van der Waals surface area (Å²) >= 11 is 3.05. The molecule has 0 aromatic heterocycles. The first kappa shape index (κ1) is 12.8. The van der Waals surface area contributed by atoms with Crippen LogP contribution in [0.1, 0.15) is 15.9 Å². The Hall–Kier alpha value is -1.68. The van der Waals surface area contributed by atoms with Crippen LogP contribution in [0.2, 0.25) is 0 Å². The molecule has 2 rings (SSSR count). The van der Waals surface area contributed by atoms with Gasteiger partial charge in [-0.1, -0.05) is 17.7 Å². The highest BCUT2D eigenvalue weighted by Crippen LogP contribution is 2.18. The Balaban J connectivity index is 2.16. The number of carbonyl (C=O) groups excluding carboxylic acids is 1. The molecule has 0 aliphatic heterocycles. The molecule has 0 radical (unpaired) electrons. The van der Waals surface area contributed by atoms with Crippen molar-refractivity contribution in [3.05, 3.63) is 63.9 Å². The first-order valence-electron chi connectivity index (χ1n) is 5.39. The molecule has 18 heavy (non-hydrogen) atoms. The fourth-order valence-electron chi connectivity index (χ4n) is 1.48. The maximum atomic E-state index is 13.1. The zero-order valence-electron chi connectivity index (χ0n) is 9.71. The van der Waals surface area contributed by atoms with E-state index < -0.39 is 0 Å². The number of benzene rings is 2. The number of hydrogen-bond donors (Lipinski definition) is 1. The van der Waals surface area contributed by atoms with E-state index in [1.165, 1.54) is 18.2 Å². The van der Waals surface area contributed by atoms with Crippen molar-refractivity contribution < 1.29 is 9.18 Å². The fourth-order valence-corrected chi connectivity index (χ4v) is 1.86. The van der Waals surface area contributed by atoms with Crippen molar-refractivity contribution in [2.75, 3.05) is 5.32 Å². The SMILES string of the molecule is Cc1ccc(NC(=O)c2ccc(F)c(Br)c2)cc1. The molecule has 0 unspecified atom stereocenters. The number of hydrogen-bond acceptors (Lipinski definition) is 1. The van der Waals surface area contributed by atoms with Gasteiger partial charge < -0.3 is 5.32 Å². The van der Waals surface area contributed by atoms with Crippen molar-refractivity contribution in [1.82, 2.24) is 0 Å². The Labute approximate surface area is 113 Å². The lowest BCUT2D eigenvalue weighted by atomic mass is 10.2. The summed E-state index contributed by atoms with van der Waals surface area (Å²) in [6, 6.07) is 11.6. The van der Waals surface area contributed by atoms with Gasteiger partial charge in [-0.05, 0) is 53.2 Å². The second kappa shape index (κ2) is 5.31. The van der Waals surface area contributed by atoms with Crippen molar-refractivity contribution >= 4 is 27.5 Å². The van der Waals surface area contributed by atoms with Gasteiger partial charge in [-0.2, -0.15) is 0 Å². The summed E-state index contributed by atoms with van der Waals surface area (Å²) in [5, 5.41) is 2.75. The second-order valence-electron chi connectivity index (χ2n) is 3.95. The summed E-state index contributed by atoms with van der Waals surface area (Å²) in [4.78, 5) is 11.9. The van der Waals surface area contributed by atoms with Crippen LogP contribution in [0.25, 0.3) is 0 Å². The van der Waals surface area contributed by atoms with Crippen LogP contribution in [-0.2, 0) is 0 Å². The number of amides is 1. The molecule has 0 saturated carbocycles. The number of halogens is 2. The summed E-state index contributed by atoms with van der Waals surface area (Å²) < 4.78 is 13.3. The second-order valence-corrected chi connectivity index (χ2v) is 4.80. The minimum atomic E-state index is -0.387. The highest BCUT2D eigenvalue weighted by molar-refractivity contribution is 9.10. The predicted molar refractivity (Wildman–Crippen MR) is 73.2 cm³/mol. The monoisotopic (exact) mass is 307 g/mol. The fraction of sp³-hybridized carbons (Fsp3) is 0.0714. The lowest BCUT2D eigenvalue weighted by molar-refractivity contribution is 0.102. The van der Waals surface area contributed by atoms with Crippen molar-refractivity contribution in [2.45, 2.75) is 6.92 Å². The number of nitrogens with one attached hydrogen (secondary N) is 1. The normalized spacial score (nSPS) is 10.2. The van der Waals surface area contributed by atoms with Crippen LogP contribution in [-0.4, -0.2) is 5.91 Å². The molecular formula is C14H11BrFNO. The van der Waals surface area contributed by atoms with Crippen molar-refractivity contribution in [3.8, 4) is 0 Å². The van der Waals surface area contributed by atoms with E-state index in [9.17, 15) is 9.18 Å². The van der Waals surface area contributed by atoms with Gasteiger partial charge in [0.1, 0.15) is 5.82 Å². The molecule has 0 atom stereocenters. The molecule has 0 saturated heterocycles. The van der Waals surface area contributed by atoms with E-state index in [0.29, 0.717) is 11.3 Å². The molecule has 0 aliphatic rings. The van der Waals surface area contributed by atoms with Crippen LogP contribution < -0.4 is 5.32 Å². The van der Waals surface area contributed by atoms with E-state index >= 15 is 0 Å². The maximum Gasteiger partial charge on any atom is 0.255 e. The van der Waals surface area contributed by atoms with Crippen LogP contribution in [0.15, 0.2) is 46.9 Å². The summed E-state index contributed by atoms with van der Waals surface area (Å²) in [5.74, 6) is -0.651. The standard InChI is InChI=1S/C14H11BrFNO/c1-9-2-5-11(6-3-9)17-14(18)10-4-7-13(16)12(15)8-10/h2-8H,1H3,(H,17,18). The lowest BCUT2D eigenvalue weighted by Gasteiger charge is -2.06. The Morgan fingerprint density at radius 2 is 1.83 bits per heavy atom. The third-order valence-corrected chi connectivity index (χ3v) is 3.10. The van der Waals surface area contributed by atoms with E-state index in [1.54, 1.807) is 0 Å². The van der Waals surface area contributed by atoms with Gasteiger partial charge >= 0.3 is 0 Å². The molecule has 0 bridgehead atoms. The van der Waals surface area contributed by atoms with Gasteiger partial charge in [0.2, 0.25) is 0 Å². The van der Waals surface area contributed by atoms with E-state index in [-0.39, 0.29) is 16.2 Å². The van der Waals surface area contributed by atoms with Crippen LogP contribution in [0.5, 0.6) is 0 Å². The van der Waals surface area contributed by atoms with Gasteiger partial charge in [0.25, 0.3) is 5.91 Å². The van der Waals surface area contributed by atoms with Crippen molar-refractivity contribution in [1.29, 1.82) is 0 Å². The summed E-state index contributed by atoms with van der Waals surface area (Å²) in [6.07, 6.45) is 0. The van der Waals surface area contributed by atoms with Gasteiger partial charge in [-0.3, -0.25) is 4.79 Å². The zero-order valence-corrected chi connectivity index (χ0v) is 11.3. The van der Waals surface area contributed by atoms with Crippen LogP contribution in [0.3, 0.4) is 0 Å². The van der Waals surface area contributed by atoms with E-state index in [0.717, 1.165) is 5.56 Å². The summed E-state index contributed by atoms with van der Waals surface area (Å²) in [5.41, 5.74) is 2.24. The maximum absolute atomic E-state index is 13.1. The highest BCUT2D eigenvalue weighted by Gasteiger charge is 2.08. The molecule has 92 valence electrons. The van der Waals surface area contributed by atoms with Gasteiger partial charge in [-0.25, -0.2) is 4.39 Å². The molecule has 1 N–H and O–H groups in total. The number of anilines is 1. The number of aryl methyl sites for hydroxylation is 1. The molecular weight excluding hydrogens is 297 g/mol. The topological polar surface area (TPSA) is 29.1 Å². The van der Waals surface area contributed by atoms with Crippen LogP contribution in [0.4, 0.5) is 10.1 Å².